The van der Waals surface area contributed by atoms with Crippen LogP contribution in [0.25, 0.3) is 0 Å². The number of pyridine rings is 2. The molecule has 2 N–H and O–H groups in total. The van der Waals surface area contributed by atoms with Crippen molar-refractivity contribution in [1.29, 1.82) is 0 Å². The van der Waals surface area contributed by atoms with Gasteiger partial charge < -0.3 is 20.1 Å². The van der Waals surface area contributed by atoms with E-state index in [-0.39, 0.29) is 5.91 Å². The number of carbonyl (C=O) groups is 1. The van der Waals surface area contributed by atoms with Gasteiger partial charge in [-0.25, -0.2) is 9.97 Å². The van der Waals surface area contributed by atoms with Crippen molar-refractivity contribution in [2.45, 2.75) is 27.3 Å². The molecule has 0 bridgehead atoms. The van der Waals surface area contributed by atoms with Crippen LogP contribution in [0, 0.1) is 6.92 Å². The predicted octanol–water partition coefficient (Wildman–Crippen LogP) is 5.48. The molecule has 0 saturated heterocycles. The number of aromatic nitrogens is 2. The first-order chi connectivity index (χ1) is 17.5. The summed E-state index contributed by atoms with van der Waals surface area (Å²) in [5, 5.41) is 6.07. The quantitative estimate of drug-likeness (QED) is 0.417. The third-order valence-corrected chi connectivity index (χ3v) is 5.18. The van der Waals surface area contributed by atoms with Gasteiger partial charge in [-0.2, -0.15) is 0 Å². The van der Waals surface area contributed by atoms with Crippen molar-refractivity contribution in [3.8, 4) is 17.4 Å². The van der Waals surface area contributed by atoms with Crippen LogP contribution in [0.5, 0.6) is 17.4 Å². The molecule has 0 radical (unpaired) electrons. The lowest BCUT2D eigenvalue weighted by Gasteiger charge is -2.14. The van der Waals surface area contributed by atoms with Gasteiger partial charge in [-0.15, -0.1) is 0 Å². The fraction of sp³-hybridized carbons (Fsp3) is 0.214. The van der Waals surface area contributed by atoms with Crippen LogP contribution in [0.2, 0.25) is 0 Å². The molecule has 2 aromatic heterocycles. The number of carbonyl (C=O) groups excluding carboxylic acids is 1. The number of benzene rings is 1. The van der Waals surface area contributed by atoms with Gasteiger partial charge in [0.1, 0.15) is 17.3 Å². The molecule has 1 aromatic carbocycles. The van der Waals surface area contributed by atoms with Crippen molar-refractivity contribution in [2.24, 2.45) is 4.99 Å². The van der Waals surface area contributed by atoms with Crippen molar-refractivity contribution in [1.82, 2.24) is 15.3 Å². The normalized spacial score (nSPS) is 11.6. The monoisotopic (exact) mass is 485 g/mol. The number of nitrogens with one attached hydrogen (secondary N) is 2. The SMILES string of the molecule is C=C(Nc1cc(Oc2cccc(C(=O)NCc3ccc(OC)nc3)c2C)ccn1)C1=NCC=C1.CC. The van der Waals surface area contributed by atoms with E-state index in [1.165, 1.54) is 0 Å². The lowest BCUT2D eigenvalue weighted by Crippen LogP contribution is -2.23. The number of aliphatic imine (C=N–C) groups is 1. The maximum absolute atomic E-state index is 12.8. The zero-order valence-electron chi connectivity index (χ0n) is 21.0. The highest BCUT2D eigenvalue weighted by atomic mass is 16.5. The van der Waals surface area contributed by atoms with E-state index in [0.29, 0.717) is 47.5 Å². The topological polar surface area (TPSA) is 97.7 Å². The van der Waals surface area contributed by atoms with Gasteiger partial charge in [-0.05, 0) is 36.8 Å². The van der Waals surface area contributed by atoms with Gasteiger partial charge in [-0.1, -0.05) is 38.6 Å². The van der Waals surface area contributed by atoms with Gasteiger partial charge in [-0.3, -0.25) is 9.79 Å². The molecule has 0 atom stereocenters. The first-order valence-corrected chi connectivity index (χ1v) is 11.7. The Balaban J connectivity index is 0.00000176. The molecule has 1 aliphatic heterocycles. The molecule has 186 valence electrons. The molecule has 0 fully saturated rings. The molecular weight excluding hydrogens is 454 g/mol. The number of hydrogen-bond acceptors (Lipinski definition) is 7. The number of methoxy groups -OCH3 is 1. The third-order valence-electron chi connectivity index (χ3n) is 5.18. The van der Waals surface area contributed by atoms with Crippen LogP contribution < -0.4 is 20.1 Å². The predicted molar refractivity (Wildman–Crippen MR) is 143 cm³/mol. The first-order valence-electron chi connectivity index (χ1n) is 11.7. The highest BCUT2D eigenvalue weighted by molar-refractivity contribution is 6.10. The second kappa shape index (κ2) is 12.9. The van der Waals surface area contributed by atoms with Crippen molar-refractivity contribution in [3.05, 3.63) is 96.0 Å². The summed E-state index contributed by atoms with van der Waals surface area (Å²) in [5.74, 6) is 2.08. The Morgan fingerprint density at radius 1 is 1.14 bits per heavy atom. The molecule has 3 aromatic rings. The zero-order valence-corrected chi connectivity index (χ0v) is 21.0. The van der Waals surface area contributed by atoms with Crippen molar-refractivity contribution < 1.29 is 14.3 Å². The molecular formula is C28H31N5O3. The van der Waals surface area contributed by atoms with Crippen molar-refractivity contribution in [3.63, 3.8) is 0 Å². The third kappa shape index (κ3) is 6.79. The fourth-order valence-corrected chi connectivity index (χ4v) is 3.34. The Morgan fingerprint density at radius 3 is 2.67 bits per heavy atom. The molecule has 0 aliphatic carbocycles. The molecule has 0 unspecified atom stereocenters. The van der Waals surface area contributed by atoms with Crippen LogP contribution in [0.4, 0.5) is 5.82 Å². The van der Waals surface area contributed by atoms with E-state index < -0.39 is 0 Å². The maximum atomic E-state index is 12.8. The molecule has 0 saturated carbocycles. The van der Waals surface area contributed by atoms with Crippen molar-refractivity contribution >= 4 is 17.4 Å². The smallest absolute Gasteiger partial charge is 0.251 e. The van der Waals surface area contributed by atoms with E-state index in [0.717, 1.165) is 16.8 Å². The number of hydrogen-bond donors (Lipinski definition) is 2. The van der Waals surface area contributed by atoms with E-state index in [1.807, 2.05) is 45.1 Å². The van der Waals surface area contributed by atoms with Crippen LogP contribution in [0.3, 0.4) is 0 Å². The molecule has 36 heavy (non-hydrogen) atoms. The van der Waals surface area contributed by atoms with Gasteiger partial charge in [0.2, 0.25) is 5.88 Å². The summed E-state index contributed by atoms with van der Waals surface area (Å²) in [6.45, 7) is 10.9. The lowest BCUT2D eigenvalue weighted by molar-refractivity contribution is 0.0950. The standard InChI is InChI=1S/C26H25N5O3.C2H6/c1-17-21(26(32)30-16-19-9-10-25(33-3)29-15-19)6-4-8-23(17)34-20-11-13-28-24(14-20)31-18(2)22-7-5-12-27-22;1-2/h4-11,13-15H,2,12,16H2,1,3H3,(H,28,31)(H,30,32);1-2H3. The molecule has 3 heterocycles. The van der Waals surface area contributed by atoms with Gasteiger partial charge in [0, 0.05) is 42.2 Å². The van der Waals surface area contributed by atoms with E-state index in [2.05, 4.69) is 32.2 Å². The van der Waals surface area contributed by atoms with Crippen LogP contribution in [0.1, 0.15) is 35.3 Å². The minimum absolute atomic E-state index is 0.197. The Bertz CT molecular complexity index is 1270. The van der Waals surface area contributed by atoms with Crippen LogP contribution in [0.15, 0.2) is 84.3 Å². The van der Waals surface area contributed by atoms with Gasteiger partial charge in [0.15, 0.2) is 0 Å². The number of anilines is 1. The lowest BCUT2D eigenvalue weighted by atomic mass is 10.1. The summed E-state index contributed by atoms with van der Waals surface area (Å²) in [6, 6.07) is 12.5. The first kappa shape index (κ1) is 26.2. The Kier molecular flexibility index (Phi) is 9.33. The Morgan fingerprint density at radius 2 is 1.97 bits per heavy atom. The second-order valence-corrected chi connectivity index (χ2v) is 7.53. The van der Waals surface area contributed by atoms with Crippen molar-refractivity contribution in [2.75, 3.05) is 19.0 Å². The second-order valence-electron chi connectivity index (χ2n) is 7.53. The molecule has 8 nitrogen and oxygen atoms in total. The molecule has 4 rings (SSSR count). The number of allylic oxidation sites excluding steroid dienone is 1. The fourth-order valence-electron chi connectivity index (χ4n) is 3.34. The minimum Gasteiger partial charge on any atom is -0.481 e. The highest BCUT2D eigenvalue weighted by Gasteiger charge is 2.14. The van der Waals surface area contributed by atoms with E-state index >= 15 is 0 Å². The zero-order chi connectivity index (χ0) is 25.9. The van der Waals surface area contributed by atoms with Crippen LogP contribution in [-0.2, 0) is 6.54 Å². The van der Waals surface area contributed by atoms with Gasteiger partial charge in [0.25, 0.3) is 5.91 Å². The summed E-state index contributed by atoms with van der Waals surface area (Å²) >= 11 is 0. The summed E-state index contributed by atoms with van der Waals surface area (Å²) in [5.41, 5.74) is 3.60. The largest absolute Gasteiger partial charge is 0.481 e. The maximum Gasteiger partial charge on any atom is 0.251 e. The van der Waals surface area contributed by atoms with E-state index in [9.17, 15) is 4.79 Å². The number of nitrogens with zero attached hydrogens (tertiary/aromatic N) is 3. The molecule has 1 amide bonds. The number of rotatable bonds is 9. The molecule has 0 spiro atoms. The summed E-state index contributed by atoms with van der Waals surface area (Å²) in [4.78, 5) is 25.6. The number of amides is 1. The summed E-state index contributed by atoms with van der Waals surface area (Å²) in [6.07, 6.45) is 7.20. The molecule has 8 heteroatoms. The Hall–Kier alpha value is -4.46. The van der Waals surface area contributed by atoms with Gasteiger partial charge >= 0.3 is 0 Å². The highest BCUT2D eigenvalue weighted by Crippen LogP contribution is 2.28. The Labute approximate surface area is 211 Å². The van der Waals surface area contributed by atoms with E-state index in [4.69, 9.17) is 9.47 Å². The van der Waals surface area contributed by atoms with Gasteiger partial charge in [0.05, 0.1) is 25.1 Å². The van der Waals surface area contributed by atoms with Crippen LogP contribution >= 0.6 is 0 Å². The average molecular weight is 486 g/mol. The average Bonchev–Trinajstić information content (AvgIpc) is 3.46. The molecule has 1 aliphatic rings. The number of ether oxygens (including phenoxy) is 2. The summed E-state index contributed by atoms with van der Waals surface area (Å²) in [7, 11) is 1.56. The summed E-state index contributed by atoms with van der Waals surface area (Å²) < 4.78 is 11.1. The van der Waals surface area contributed by atoms with E-state index in [1.54, 1.807) is 49.8 Å². The minimum atomic E-state index is -0.197. The van der Waals surface area contributed by atoms with Crippen LogP contribution in [-0.4, -0.2) is 35.2 Å².